The minimum Gasteiger partial charge on any atom is -0.463 e. The number of esters is 1. The molecule has 160 valence electrons. The van der Waals surface area contributed by atoms with Gasteiger partial charge in [0.05, 0.1) is 25.4 Å². The number of hydrogen-bond acceptors (Lipinski definition) is 5. The van der Waals surface area contributed by atoms with Crippen molar-refractivity contribution < 1.29 is 23.5 Å². The number of carbonyl (C=O) groups is 1. The number of aliphatic hydroxyl groups is 1. The Morgan fingerprint density at radius 3 is 1.78 bits per heavy atom. The first-order valence-electron chi connectivity index (χ1n) is 9.80. The quantitative estimate of drug-likeness (QED) is 0.328. The Hall–Kier alpha value is -0.476. The largest absolute Gasteiger partial charge is 0.463 e. The Kier molecular flexibility index (Phi) is 9.65. The van der Waals surface area contributed by atoms with Crippen molar-refractivity contribution in [2.24, 2.45) is 0 Å². The Morgan fingerprint density at radius 1 is 0.963 bits per heavy atom. The van der Waals surface area contributed by atoms with E-state index in [-0.39, 0.29) is 16.7 Å². The summed E-state index contributed by atoms with van der Waals surface area (Å²) >= 11 is 0. The first-order valence-corrected chi connectivity index (χ1v) is 15.6. The van der Waals surface area contributed by atoms with Crippen LogP contribution in [-0.4, -0.2) is 53.1 Å². The lowest BCUT2D eigenvalue weighted by molar-refractivity contribution is -0.137. The molecule has 0 bridgehead atoms. The van der Waals surface area contributed by atoms with Gasteiger partial charge in [-0.25, -0.2) is 4.79 Å². The maximum absolute atomic E-state index is 11.8. The molecule has 7 heteroatoms. The van der Waals surface area contributed by atoms with E-state index in [2.05, 4.69) is 67.7 Å². The van der Waals surface area contributed by atoms with E-state index in [0.29, 0.717) is 6.61 Å². The maximum Gasteiger partial charge on any atom is 0.330 e. The van der Waals surface area contributed by atoms with Gasteiger partial charge < -0.3 is 18.7 Å². The second-order valence-electron chi connectivity index (χ2n) is 10.1. The lowest BCUT2D eigenvalue weighted by Gasteiger charge is -2.44. The van der Waals surface area contributed by atoms with Crippen LogP contribution in [0.3, 0.4) is 0 Å². The fraction of sp³-hybridized carbons (Fsp3) is 0.850. The van der Waals surface area contributed by atoms with Gasteiger partial charge in [0.15, 0.2) is 16.6 Å². The molecular formula is C20H42O5Si2. The Bertz CT molecular complexity index is 501. The lowest BCUT2D eigenvalue weighted by Crippen LogP contribution is -2.52. The van der Waals surface area contributed by atoms with Crippen molar-refractivity contribution in [2.75, 3.05) is 13.2 Å². The smallest absolute Gasteiger partial charge is 0.330 e. The van der Waals surface area contributed by atoms with Gasteiger partial charge >= 0.3 is 5.97 Å². The predicted molar refractivity (Wildman–Crippen MR) is 117 cm³/mol. The van der Waals surface area contributed by atoms with Gasteiger partial charge in [-0.2, -0.15) is 0 Å². The highest BCUT2D eigenvalue weighted by Gasteiger charge is 2.44. The van der Waals surface area contributed by atoms with E-state index in [9.17, 15) is 9.90 Å². The molecular weight excluding hydrogens is 376 g/mol. The second-order valence-corrected chi connectivity index (χ2v) is 19.6. The third-order valence-corrected chi connectivity index (χ3v) is 14.7. The van der Waals surface area contributed by atoms with Crippen LogP contribution in [0.25, 0.3) is 0 Å². The summed E-state index contributed by atoms with van der Waals surface area (Å²) < 4.78 is 18.0. The van der Waals surface area contributed by atoms with Crippen LogP contribution >= 0.6 is 0 Å². The fourth-order valence-corrected chi connectivity index (χ4v) is 4.47. The van der Waals surface area contributed by atoms with E-state index in [1.165, 1.54) is 6.08 Å². The first-order chi connectivity index (χ1) is 12.0. The van der Waals surface area contributed by atoms with Gasteiger partial charge in [-0.05, 0) is 49.3 Å². The van der Waals surface area contributed by atoms with Crippen molar-refractivity contribution in [3.8, 4) is 0 Å². The Balaban J connectivity index is 5.75. The highest BCUT2D eigenvalue weighted by molar-refractivity contribution is 6.74. The van der Waals surface area contributed by atoms with Crippen LogP contribution in [0.5, 0.6) is 0 Å². The van der Waals surface area contributed by atoms with Gasteiger partial charge in [0.2, 0.25) is 0 Å². The molecule has 0 saturated heterocycles. The molecule has 0 amide bonds. The number of hydrogen-bond donors (Lipinski definition) is 1. The summed E-state index contributed by atoms with van der Waals surface area (Å²) in [5, 5.41) is 10.1. The summed E-state index contributed by atoms with van der Waals surface area (Å²) in [5.41, 5.74) is 0. The van der Waals surface area contributed by atoms with Crippen molar-refractivity contribution >= 4 is 22.6 Å². The van der Waals surface area contributed by atoms with Crippen LogP contribution in [0.15, 0.2) is 12.2 Å². The fourth-order valence-electron chi connectivity index (χ4n) is 1.88. The van der Waals surface area contributed by atoms with Gasteiger partial charge in [-0.3, -0.25) is 0 Å². The molecule has 0 aromatic rings. The van der Waals surface area contributed by atoms with Crippen molar-refractivity contribution in [3.05, 3.63) is 12.2 Å². The molecule has 0 aromatic carbocycles. The zero-order valence-electron chi connectivity index (χ0n) is 19.3. The van der Waals surface area contributed by atoms with Gasteiger partial charge in [-0.15, -0.1) is 0 Å². The van der Waals surface area contributed by atoms with Crippen LogP contribution in [0, 0.1) is 0 Å². The Morgan fingerprint density at radius 2 is 1.41 bits per heavy atom. The number of rotatable bonds is 9. The molecule has 0 radical (unpaired) electrons. The molecule has 0 aromatic heterocycles. The number of carbonyl (C=O) groups excluding carboxylic acids is 1. The monoisotopic (exact) mass is 418 g/mol. The van der Waals surface area contributed by atoms with Crippen LogP contribution in [0.2, 0.25) is 36.3 Å². The molecule has 5 nitrogen and oxygen atoms in total. The average molecular weight is 419 g/mol. The first kappa shape index (κ1) is 26.5. The summed E-state index contributed by atoms with van der Waals surface area (Å²) in [6.45, 7) is 23.5. The third-order valence-electron chi connectivity index (χ3n) is 5.74. The van der Waals surface area contributed by atoms with Crippen LogP contribution in [0.1, 0.15) is 48.5 Å². The number of aliphatic hydroxyl groups excluding tert-OH is 1. The third kappa shape index (κ3) is 8.19. The minimum atomic E-state index is -2.14. The van der Waals surface area contributed by atoms with E-state index in [0.717, 1.165) is 0 Å². The molecule has 0 spiro atoms. The highest BCUT2D eigenvalue weighted by Crippen LogP contribution is 2.40. The standard InChI is InChI=1S/C20H42O5Si2/c1-12-23-18(22)14-13-16(24-26(8,9)19(2,3)4)17(15-21)25-27(10,11)20(5,6)7/h13-14,16-17,21H,12,15H2,1-11H3/b14-13+/t16-,17-/m1/s1. The molecule has 0 aliphatic carbocycles. The zero-order valence-corrected chi connectivity index (χ0v) is 21.3. The lowest BCUT2D eigenvalue weighted by atomic mass is 10.2. The molecule has 0 aliphatic heterocycles. The summed E-state index contributed by atoms with van der Waals surface area (Å²) in [6.07, 6.45) is 2.05. The van der Waals surface area contributed by atoms with Gasteiger partial charge in [0.25, 0.3) is 0 Å². The zero-order chi connectivity index (χ0) is 21.7. The van der Waals surface area contributed by atoms with Crippen molar-refractivity contribution in [1.82, 2.24) is 0 Å². The summed E-state index contributed by atoms with van der Waals surface area (Å²) in [5.74, 6) is -0.412. The van der Waals surface area contributed by atoms with Gasteiger partial charge in [0, 0.05) is 6.08 Å². The molecule has 0 rings (SSSR count). The predicted octanol–water partition coefficient (Wildman–Crippen LogP) is 4.88. The van der Waals surface area contributed by atoms with E-state index in [1.54, 1.807) is 13.0 Å². The molecule has 0 fully saturated rings. The highest BCUT2D eigenvalue weighted by atomic mass is 28.4. The van der Waals surface area contributed by atoms with E-state index >= 15 is 0 Å². The van der Waals surface area contributed by atoms with Gasteiger partial charge in [-0.1, -0.05) is 41.5 Å². The van der Waals surface area contributed by atoms with E-state index < -0.39 is 34.8 Å². The van der Waals surface area contributed by atoms with Crippen LogP contribution in [0.4, 0.5) is 0 Å². The maximum atomic E-state index is 11.8. The molecule has 27 heavy (non-hydrogen) atoms. The summed E-state index contributed by atoms with van der Waals surface area (Å²) in [4.78, 5) is 11.8. The van der Waals surface area contributed by atoms with Crippen molar-refractivity contribution in [2.45, 2.75) is 96.9 Å². The van der Waals surface area contributed by atoms with E-state index in [4.69, 9.17) is 13.6 Å². The average Bonchev–Trinajstić information content (AvgIpc) is 2.47. The second kappa shape index (κ2) is 9.83. The molecule has 2 atom stereocenters. The van der Waals surface area contributed by atoms with Crippen LogP contribution < -0.4 is 0 Å². The van der Waals surface area contributed by atoms with Crippen LogP contribution in [-0.2, 0) is 18.4 Å². The normalized spacial score (nSPS) is 16.4. The van der Waals surface area contributed by atoms with Crippen molar-refractivity contribution in [1.29, 1.82) is 0 Å². The molecule has 0 saturated carbocycles. The Labute approximate surface area is 168 Å². The summed E-state index contributed by atoms with van der Waals surface area (Å²) in [6, 6.07) is 0. The molecule has 1 N–H and O–H groups in total. The molecule has 0 unspecified atom stereocenters. The van der Waals surface area contributed by atoms with Gasteiger partial charge in [0.1, 0.15) is 0 Å². The summed E-state index contributed by atoms with van der Waals surface area (Å²) in [7, 11) is -4.26. The minimum absolute atomic E-state index is 0.00000323. The van der Waals surface area contributed by atoms with E-state index in [1.807, 2.05) is 0 Å². The molecule has 0 heterocycles. The van der Waals surface area contributed by atoms with Crippen molar-refractivity contribution in [3.63, 3.8) is 0 Å². The molecule has 0 aliphatic rings. The topological polar surface area (TPSA) is 65.0 Å². The number of ether oxygens (including phenoxy) is 1. The SMILES string of the molecule is CCOC(=O)/C=C/[C@@H](O[Si](C)(C)C(C)(C)C)[C@@H](CO)O[Si](C)(C)C(C)(C)C.